The molecule has 1 unspecified atom stereocenters. The van der Waals surface area contributed by atoms with Gasteiger partial charge in [0.05, 0.1) is 28.4 Å². The maximum absolute atomic E-state index is 13.9. The van der Waals surface area contributed by atoms with Gasteiger partial charge in [-0.1, -0.05) is 17.7 Å². The minimum Gasteiger partial charge on any atom is -0.493 e. The second-order valence-corrected chi connectivity index (χ2v) is 8.84. The molecule has 2 aromatic rings. The topological polar surface area (TPSA) is 90.6 Å². The second kappa shape index (κ2) is 8.74. The normalized spacial score (nSPS) is 15.9. The number of nitrogens with one attached hydrogen (secondary N) is 1. The molecule has 2 amide bonds. The standard InChI is InChI=1S/C22H21ClF4N2O4/c1-21(2,3)33-20(31)29-14-9-13(23)18(22(25,26)27)17(19(28)30)16(14)12-6-7-32-15-8-10(24)4-5-11(12)15/h4-5,8-9,12H,6-7H2,1-3H3,(H2,28,30)(H,29,31). The molecule has 1 aliphatic heterocycles. The zero-order valence-corrected chi connectivity index (χ0v) is 18.7. The third-order valence-corrected chi connectivity index (χ3v) is 5.15. The Morgan fingerprint density at radius 3 is 2.45 bits per heavy atom. The Morgan fingerprint density at radius 1 is 1.21 bits per heavy atom. The van der Waals surface area contributed by atoms with Crippen LogP contribution in [0.5, 0.6) is 5.75 Å². The molecular formula is C22H21ClF4N2O4. The zero-order valence-electron chi connectivity index (χ0n) is 17.9. The zero-order chi connectivity index (χ0) is 24.7. The van der Waals surface area contributed by atoms with E-state index < -0.39 is 51.7 Å². The van der Waals surface area contributed by atoms with Crippen molar-refractivity contribution < 1.29 is 36.6 Å². The Labute approximate surface area is 192 Å². The first-order valence-corrected chi connectivity index (χ1v) is 10.2. The van der Waals surface area contributed by atoms with Crippen molar-refractivity contribution >= 4 is 29.3 Å². The van der Waals surface area contributed by atoms with Gasteiger partial charge < -0.3 is 15.2 Å². The fourth-order valence-corrected chi connectivity index (χ4v) is 4.05. The highest BCUT2D eigenvalue weighted by molar-refractivity contribution is 6.32. The summed E-state index contributed by atoms with van der Waals surface area (Å²) in [6.45, 7) is 4.83. The molecule has 0 spiro atoms. The van der Waals surface area contributed by atoms with Crippen LogP contribution in [0.1, 0.15) is 60.2 Å². The Balaban J connectivity index is 2.30. The number of anilines is 1. The Kier molecular flexibility index (Phi) is 6.52. The molecule has 3 N–H and O–H groups in total. The van der Waals surface area contributed by atoms with E-state index >= 15 is 0 Å². The lowest BCUT2D eigenvalue weighted by atomic mass is 9.81. The minimum absolute atomic E-state index is 0.0230. The molecule has 0 fully saturated rings. The number of hydrogen-bond donors (Lipinski definition) is 2. The maximum Gasteiger partial charge on any atom is 0.418 e. The molecule has 178 valence electrons. The van der Waals surface area contributed by atoms with Gasteiger partial charge in [0.2, 0.25) is 5.91 Å². The van der Waals surface area contributed by atoms with Gasteiger partial charge in [0, 0.05) is 17.5 Å². The lowest BCUT2D eigenvalue weighted by molar-refractivity contribution is -0.137. The Morgan fingerprint density at radius 2 is 1.88 bits per heavy atom. The van der Waals surface area contributed by atoms with Gasteiger partial charge >= 0.3 is 12.3 Å². The number of rotatable bonds is 3. The minimum atomic E-state index is -5.02. The predicted octanol–water partition coefficient (Wildman–Crippen LogP) is 5.86. The number of primary amides is 1. The number of amides is 2. The molecule has 1 atom stereocenters. The molecule has 0 saturated heterocycles. The third kappa shape index (κ3) is 5.32. The van der Waals surface area contributed by atoms with Crippen molar-refractivity contribution in [3.05, 3.63) is 57.4 Å². The number of carbonyl (C=O) groups is 2. The fraction of sp³-hybridized carbons (Fsp3) is 0.364. The quantitative estimate of drug-likeness (QED) is 0.529. The van der Waals surface area contributed by atoms with Crippen LogP contribution in [-0.2, 0) is 10.9 Å². The number of ether oxygens (including phenoxy) is 2. The smallest absolute Gasteiger partial charge is 0.418 e. The van der Waals surface area contributed by atoms with Crippen LogP contribution >= 0.6 is 11.6 Å². The van der Waals surface area contributed by atoms with E-state index in [2.05, 4.69) is 5.32 Å². The van der Waals surface area contributed by atoms with Crippen LogP contribution in [0.4, 0.5) is 28.0 Å². The molecule has 0 aliphatic carbocycles. The van der Waals surface area contributed by atoms with Gasteiger partial charge in [-0.25, -0.2) is 9.18 Å². The molecule has 11 heteroatoms. The van der Waals surface area contributed by atoms with Crippen molar-refractivity contribution in [2.45, 2.75) is 44.9 Å². The summed E-state index contributed by atoms with van der Waals surface area (Å²) in [6, 6.07) is 4.45. The average Bonchev–Trinajstić information content (AvgIpc) is 2.64. The summed E-state index contributed by atoms with van der Waals surface area (Å²) < 4.78 is 66.1. The van der Waals surface area contributed by atoms with Gasteiger partial charge in [-0.2, -0.15) is 13.2 Å². The van der Waals surface area contributed by atoms with Crippen LogP contribution in [0.2, 0.25) is 5.02 Å². The summed E-state index contributed by atoms with van der Waals surface area (Å²) in [6.07, 6.45) is -5.86. The number of halogens is 5. The lowest BCUT2D eigenvalue weighted by Gasteiger charge is -2.31. The van der Waals surface area contributed by atoms with Crippen molar-refractivity contribution in [1.82, 2.24) is 0 Å². The molecular weight excluding hydrogens is 468 g/mol. The first-order valence-electron chi connectivity index (χ1n) is 9.84. The molecule has 0 bridgehead atoms. The monoisotopic (exact) mass is 488 g/mol. The van der Waals surface area contributed by atoms with Crippen LogP contribution in [0.25, 0.3) is 0 Å². The SMILES string of the molecule is CC(C)(C)OC(=O)Nc1cc(Cl)c(C(F)(F)F)c(C(N)=O)c1C1CCOc2cc(F)ccc21. The van der Waals surface area contributed by atoms with Gasteiger partial charge in [0.1, 0.15) is 17.2 Å². The predicted molar refractivity (Wildman–Crippen MR) is 113 cm³/mol. The molecule has 1 aliphatic rings. The fourth-order valence-electron chi connectivity index (χ4n) is 3.74. The molecule has 0 radical (unpaired) electrons. The molecule has 33 heavy (non-hydrogen) atoms. The van der Waals surface area contributed by atoms with E-state index in [-0.39, 0.29) is 30.0 Å². The number of nitrogens with two attached hydrogens (primary N) is 1. The summed E-state index contributed by atoms with van der Waals surface area (Å²) in [5, 5.41) is 1.56. The lowest BCUT2D eigenvalue weighted by Crippen LogP contribution is -2.30. The molecule has 3 rings (SSSR count). The van der Waals surface area contributed by atoms with E-state index in [9.17, 15) is 27.2 Å². The van der Waals surface area contributed by atoms with E-state index in [1.807, 2.05) is 0 Å². The summed E-state index contributed by atoms with van der Waals surface area (Å²) in [5.74, 6) is -2.78. The van der Waals surface area contributed by atoms with Gasteiger partial charge in [0.25, 0.3) is 0 Å². The summed E-state index contributed by atoms with van der Waals surface area (Å²) >= 11 is 5.92. The first-order chi connectivity index (χ1) is 15.2. The largest absolute Gasteiger partial charge is 0.493 e. The maximum atomic E-state index is 13.9. The molecule has 1 heterocycles. The van der Waals surface area contributed by atoms with Gasteiger partial charge in [-0.3, -0.25) is 10.1 Å². The highest BCUT2D eigenvalue weighted by Crippen LogP contribution is 2.48. The van der Waals surface area contributed by atoms with Crippen LogP contribution in [0.3, 0.4) is 0 Å². The number of fused-ring (bicyclic) bond motifs is 1. The number of benzene rings is 2. The van der Waals surface area contributed by atoms with E-state index in [1.54, 1.807) is 20.8 Å². The third-order valence-electron chi connectivity index (χ3n) is 4.85. The van der Waals surface area contributed by atoms with E-state index in [1.165, 1.54) is 6.07 Å². The number of carbonyl (C=O) groups excluding carboxylic acids is 2. The first kappa shape index (κ1) is 24.6. The summed E-state index contributed by atoms with van der Waals surface area (Å²) in [4.78, 5) is 24.8. The molecule has 6 nitrogen and oxygen atoms in total. The van der Waals surface area contributed by atoms with E-state index in [4.69, 9.17) is 26.8 Å². The van der Waals surface area contributed by atoms with Crippen LogP contribution in [0, 0.1) is 5.82 Å². The summed E-state index contributed by atoms with van der Waals surface area (Å²) in [7, 11) is 0. The Bertz CT molecular complexity index is 1110. The molecule has 2 aromatic carbocycles. The number of hydrogen-bond acceptors (Lipinski definition) is 4. The summed E-state index contributed by atoms with van der Waals surface area (Å²) in [5.41, 5.74) is 2.12. The Hall–Kier alpha value is -3.01. The van der Waals surface area contributed by atoms with Gasteiger partial charge in [-0.05, 0) is 44.9 Å². The number of alkyl halides is 3. The van der Waals surface area contributed by atoms with E-state index in [0.717, 1.165) is 18.2 Å². The van der Waals surface area contributed by atoms with Crippen LogP contribution in [-0.4, -0.2) is 24.2 Å². The van der Waals surface area contributed by atoms with Crippen LogP contribution in [0.15, 0.2) is 24.3 Å². The molecule has 0 saturated carbocycles. The van der Waals surface area contributed by atoms with Gasteiger partial charge in [-0.15, -0.1) is 0 Å². The van der Waals surface area contributed by atoms with Crippen molar-refractivity contribution in [2.75, 3.05) is 11.9 Å². The highest BCUT2D eigenvalue weighted by atomic mass is 35.5. The van der Waals surface area contributed by atoms with Crippen LogP contribution < -0.4 is 15.8 Å². The molecule has 0 aromatic heterocycles. The average molecular weight is 489 g/mol. The van der Waals surface area contributed by atoms with Crippen molar-refractivity contribution in [3.63, 3.8) is 0 Å². The van der Waals surface area contributed by atoms with E-state index in [0.29, 0.717) is 5.56 Å². The highest BCUT2D eigenvalue weighted by Gasteiger charge is 2.42. The van der Waals surface area contributed by atoms with Crippen molar-refractivity contribution in [2.24, 2.45) is 5.73 Å². The second-order valence-electron chi connectivity index (χ2n) is 8.43. The van der Waals surface area contributed by atoms with Gasteiger partial charge in [0.15, 0.2) is 0 Å². The van der Waals surface area contributed by atoms with Crippen molar-refractivity contribution in [3.8, 4) is 5.75 Å². The van der Waals surface area contributed by atoms with Crippen molar-refractivity contribution in [1.29, 1.82) is 0 Å².